The van der Waals surface area contributed by atoms with Crippen molar-refractivity contribution in [2.75, 3.05) is 19.7 Å². The Morgan fingerprint density at radius 2 is 2.12 bits per heavy atom. The van der Waals surface area contributed by atoms with Crippen molar-refractivity contribution in [1.29, 1.82) is 0 Å². The summed E-state index contributed by atoms with van der Waals surface area (Å²) < 4.78 is 5.45. The van der Waals surface area contributed by atoms with Crippen molar-refractivity contribution in [2.45, 2.75) is 6.92 Å². The van der Waals surface area contributed by atoms with Gasteiger partial charge < -0.3 is 10.1 Å². The third-order valence-electron chi connectivity index (χ3n) is 2.34. The van der Waals surface area contributed by atoms with Gasteiger partial charge in [0, 0.05) is 18.3 Å². The molecule has 16 heavy (non-hydrogen) atoms. The van der Waals surface area contributed by atoms with Crippen molar-refractivity contribution >= 4 is 11.6 Å². The lowest BCUT2D eigenvalue weighted by atomic mass is 10.1. The Morgan fingerprint density at radius 1 is 1.31 bits per heavy atom. The molecule has 1 aromatic carbocycles. The minimum atomic E-state index is 0.650. The normalized spacial score (nSPS) is 15.6. The van der Waals surface area contributed by atoms with Gasteiger partial charge in [0.05, 0.1) is 13.2 Å². The molecule has 1 heterocycles. The molecule has 0 amide bonds. The SMILES string of the molecule is CCOC1=NCCNC(c2ccccc2)=C1. The largest absolute Gasteiger partial charge is 0.478 e. The zero-order valence-corrected chi connectivity index (χ0v) is 9.44. The molecule has 0 radical (unpaired) electrons. The summed E-state index contributed by atoms with van der Waals surface area (Å²) in [7, 11) is 0. The number of benzene rings is 1. The first-order valence-corrected chi connectivity index (χ1v) is 5.58. The van der Waals surface area contributed by atoms with E-state index in [9.17, 15) is 0 Å². The van der Waals surface area contributed by atoms with Crippen LogP contribution < -0.4 is 5.32 Å². The van der Waals surface area contributed by atoms with Crippen LogP contribution in [0.25, 0.3) is 5.70 Å². The van der Waals surface area contributed by atoms with Crippen LogP contribution in [0.5, 0.6) is 0 Å². The van der Waals surface area contributed by atoms with Crippen LogP contribution >= 0.6 is 0 Å². The van der Waals surface area contributed by atoms with Crippen molar-refractivity contribution in [3.63, 3.8) is 0 Å². The quantitative estimate of drug-likeness (QED) is 0.821. The smallest absolute Gasteiger partial charge is 0.210 e. The number of ether oxygens (including phenoxy) is 1. The summed E-state index contributed by atoms with van der Waals surface area (Å²) >= 11 is 0. The lowest BCUT2D eigenvalue weighted by Gasteiger charge is -2.08. The summed E-state index contributed by atoms with van der Waals surface area (Å²) in [6, 6.07) is 10.2. The first kappa shape index (κ1) is 10.7. The van der Waals surface area contributed by atoms with E-state index in [1.54, 1.807) is 0 Å². The van der Waals surface area contributed by atoms with E-state index in [4.69, 9.17) is 4.74 Å². The lowest BCUT2D eigenvalue weighted by Crippen LogP contribution is -2.14. The Labute approximate surface area is 95.8 Å². The van der Waals surface area contributed by atoms with Gasteiger partial charge in [-0.15, -0.1) is 0 Å². The first-order valence-electron chi connectivity index (χ1n) is 5.58. The maximum absolute atomic E-state index is 5.45. The topological polar surface area (TPSA) is 33.6 Å². The van der Waals surface area contributed by atoms with Crippen molar-refractivity contribution in [2.24, 2.45) is 4.99 Å². The van der Waals surface area contributed by atoms with Crippen LogP contribution in [0.15, 0.2) is 41.4 Å². The molecule has 0 atom stereocenters. The van der Waals surface area contributed by atoms with Crippen molar-refractivity contribution in [3.8, 4) is 0 Å². The molecule has 0 fully saturated rings. The summed E-state index contributed by atoms with van der Waals surface area (Å²) in [4.78, 5) is 4.34. The molecular formula is C13H16N2O. The van der Waals surface area contributed by atoms with Crippen LogP contribution in [0, 0.1) is 0 Å². The average Bonchev–Trinajstić information content (AvgIpc) is 2.56. The molecular weight excluding hydrogens is 200 g/mol. The van der Waals surface area contributed by atoms with Gasteiger partial charge in [0.1, 0.15) is 0 Å². The number of nitrogens with one attached hydrogen (secondary N) is 1. The highest BCUT2D eigenvalue weighted by Gasteiger charge is 2.06. The molecule has 0 aliphatic carbocycles. The molecule has 1 aliphatic rings. The fourth-order valence-corrected chi connectivity index (χ4v) is 1.62. The van der Waals surface area contributed by atoms with Gasteiger partial charge in [-0.25, -0.2) is 4.99 Å². The standard InChI is InChI=1S/C13H16N2O/c1-2-16-13-10-12(14-8-9-15-13)11-6-4-3-5-7-11/h3-7,10,14H,2,8-9H2,1H3. The molecule has 3 nitrogen and oxygen atoms in total. The van der Waals surface area contributed by atoms with E-state index in [0.717, 1.165) is 24.4 Å². The Bertz CT molecular complexity index is 396. The molecule has 1 aliphatic heterocycles. The molecule has 0 saturated carbocycles. The molecule has 0 saturated heterocycles. The van der Waals surface area contributed by atoms with Gasteiger partial charge in [0.2, 0.25) is 5.90 Å². The van der Waals surface area contributed by atoms with Crippen LogP contribution in [0.3, 0.4) is 0 Å². The Hall–Kier alpha value is -1.77. The maximum atomic E-state index is 5.45. The zero-order valence-electron chi connectivity index (χ0n) is 9.44. The number of hydrogen-bond acceptors (Lipinski definition) is 3. The van der Waals surface area contributed by atoms with Crippen molar-refractivity contribution in [3.05, 3.63) is 42.0 Å². The fraction of sp³-hybridized carbons (Fsp3) is 0.308. The monoisotopic (exact) mass is 216 g/mol. The van der Waals surface area contributed by atoms with Gasteiger partial charge in [0.15, 0.2) is 0 Å². The van der Waals surface area contributed by atoms with Gasteiger partial charge in [-0.3, -0.25) is 0 Å². The van der Waals surface area contributed by atoms with Crippen molar-refractivity contribution in [1.82, 2.24) is 5.32 Å². The lowest BCUT2D eigenvalue weighted by molar-refractivity contribution is 0.329. The molecule has 0 bridgehead atoms. The van der Waals surface area contributed by atoms with E-state index < -0.39 is 0 Å². The molecule has 2 rings (SSSR count). The Morgan fingerprint density at radius 3 is 2.88 bits per heavy atom. The van der Waals surface area contributed by atoms with E-state index in [2.05, 4.69) is 22.4 Å². The molecule has 0 unspecified atom stereocenters. The molecule has 84 valence electrons. The van der Waals surface area contributed by atoms with Crippen LogP contribution in [0.2, 0.25) is 0 Å². The number of rotatable bonds is 2. The van der Waals surface area contributed by atoms with E-state index in [-0.39, 0.29) is 0 Å². The second-order valence-corrected chi connectivity index (χ2v) is 3.50. The zero-order chi connectivity index (χ0) is 11.2. The second-order valence-electron chi connectivity index (χ2n) is 3.50. The van der Waals surface area contributed by atoms with Gasteiger partial charge >= 0.3 is 0 Å². The highest BCUT2D eigenvalue weighted by Crippen LogP contribution is 2.12. The van der Waals surface area contributed by atoms with Crippen LogP contribution in [0.1, 0.15) is 12.5 Å². The highest BCUT2D eigenvalue weighted by atomic mass is 16.5. The molecule has 1 N–H and O–H groups in total. The number of hydrogen-bond donors (Lipinski definition) is 1. The van der Waals surface area contributed by atoms with Gasteiger partial charge in [0.25, 0.3) is 0 Å². The minimum Gasteiger partial charge on any atom is -0.478 e. The second kappa shape index (κ2) is 5.35. The Balaban J connectivity index is 2.23. The van der Waals surface area contributed by atoms with E-state index in [1.807, 2.05) is 31.2 Å². The summed E-state index contributed by atoms with van der Waals surface area (Å²) in [5.74, 6) is 0.714. The van der Waals surface area contributed by atoms with Crippen LogP contribution in [-0.2, 0) is 4.74 Å². The third-order valence-corrected chi connectivity index (χ3v) is 2.34. The molecule has 1 aromatic rings. The summed E-state index contributed by atoms with van der Waals surface area (Å²) in [5, 5.41) is 3.35. The van der Waals surface area contributed by atoms with Gasteiger partial charge in [-0.1, -0.05) is 30.3 Å². The number of nitrogens with zero attached hydrogens (tertiary/aromatic N) is 1. The highest BCUT2D eigenvalue weighted by molar-refractivity contribution is 5.95. The predicted octanol–water partition coefficient (Wildman–Crippen LogP) is 2.07. The summed E-state index contributed by atoms with van der Waals surface area (Å²) in [6.45, 7) is 4.22. The molecule has 0 aromatic heterocycles. The minimum absolute atomic E-state index is 0.650. The summed E-state index contributed by atoms with van der Waals surface area (Å²) in [5.41, 5.74) is 2.24. The van der Waals surface area contributed by atoms with E-state index in [0.29, 0.717) is 12.5 Å². The number of aliphatic imine (C=N–C) groups is 1. The maximum Gasteiger partial charge on any atom is 0.210 e. The van der Waals surface area contributed by atoms with Crippen LogP contribution in [0.4, 0.5) is 0 Å². The first-order chi connectivity index (χ1) is 7.90. The van der Waals surface area contributed by atoms with Gasteiger partial charge in [-0.05, 0) is 12.5 Å². The fourth-order valence-electron chi connectivity index (χ4n) is 1.62. The van der Waals surface area contributed by atoms with Crippen LogP contribution in [-0.4, -0.2) is 25.6 Å². The third kappa shape index (κ3) is 2.63. The van der Waals surface area contributed by atoms with E-state index >= 15 is 0 Å². The van der Waals surface area contributed by atoms with Crippen molar-refractivity contribution < 1.29 is 4.74 Å². The van der Waals surface area contributed by atoms with E-state index in [1.165, 1.54) is 0 Å². The average molecular weight is 216 g/mol. The van der Waals surface area contributed by atoms with Gasteiger partial charge in [-0.2, -0.15) is 0 Å². The molecule has 3 heteroatoms. The Kier molecular flexibility index (Phi) is 3.59. The predicted molar refractivity (Wildman–Crippen MR) is 66.3 cm³/mol. The summed E-state index contributed by atoms with van der Waals surface area (Å²) in [6.07, 6.45) is 1.96. The molecule has 0 spiro atoms.